The molecule has 0 bridgehead atoms. The quantitative estimate of drug-likeness (QED) is 0.678. The minimum atomic E-state index is -0.00222. The van der Waals surface area contributed by atoms with Crippen LogP contribution in [-0.4, -0.2) is 5.60 Å². The summed E-state index contributed by atoms with van der Waals surface area (Å²) in [6, 6.07) is 10.6. The van der Waals surface area contributed by atoms with E-state index < -0.39 is 0 Å². The van der Waals surface area contributed by atoms with Crippen LogP contribution in [0.15, 0.2) is 30.3 Å². The zero-order valence-electron chi connectivity index (χ0n) is 9.92. The highest BCUT2D eigenvalue weighted by molar-refractivity contribution is 5.33. The summed E-state index contributed by atoms with van der Waals surface area (Å²) in [6.45, 7) is 6.67. The Kier molecular flexibility index (Phi) is 2.59. The van der Waals surface area contributed by atoms with E-state index in [1.54, 1.807) is 0 Å². The van der Waals surface area contributed by atoms with Gasteiger partial charge in [-0.2, -0.15) is 0 Å². The second-order valence-corrected chi connectivity index (χ2v) is 4.35. The average Bonchev–Trinajstić information content (AvgIpc) is 3.01. The predicted molar refractivity (Wildman–Crippen MR) is 62.8 cm³/mol. The van der Waals surface area contributed by atoms with Gasteiger partial charge in [-0.05, 0) is 24.8 Å². The molecule has 1 aliphatic heterocycles. The van der Waals surface area contributed by atoms with Gasteiger partial charge in [0.2, 0.25) is 0 Å². The third-order valence-corrected chi connectivity index (χ3v) is 3.94. The van der Waals surface area contributed by atoms with Crippen molar-refractivity contribution in [2.75, 3.05) is 0 Å². The minimum Gasteiger partial charge on any atom is -0.357 e. The summed E-state index contributed by atoms with van der Waals surface area (Å²) < 4.78 is 6.13. The molecule has 1 aromatic carbocycles. The van der Waals surface area contributed by atoms with Crippen LogP contribution in [0.2, 0.25) is 0 Å². The molecule has 82 valence electrons. The molecule has 0 aromatic heterocycles. The molecule has 2 rings (SSSR count). The fourth-order valence-corrected chi connectivity index (χ4v) is 2.90. The maximum Gasteiger partial charge on any atom is 0.123 e. The summed E-state index contributed by atoms with van der Waals surface area (Å²) in [5.41, 5.74) is 1.44. The Bertz CT molecular complexity index is 326. The topological polar surface area (TPSA) is 12.5 Å². The molecule has 0 N–H and O–H groups in total. The first-order chi connectivity index (χ1) is 7.24. The average molecular weight is 204 g/mol. The standard InChI is InChI=1S/C14H20O/c1-4-13(5-2)14(6-3,15-13)12-10-8-7-9-11-12/h7-11H,4-6H2,1-3H3. The Morgan fingerprint density at radius 3 is 1.93 bits per heavy atom. The molecule has 1 fully saturated rings. The van der Waals surface area contributed by atoms with Crippen LogP contribution in [0, 0.1) is 0 Å². The second kappa shape index (κ2) is 3.64. The SMILES string of the molecule is CCC1(CC)OC1(CC)c1ccccc1. The third-order valence-electron chi connectivity index (χ3n) is 3.94. The zero-order valence-corrected chi connectivity index (χ0v) is 9.92. The largest absolute Gasteiger partial charge is 0.357 e. The van der Waals surface area contributed by atoms with Gasteiger partial charge in [-0.25, -0.2) is 0 Å². The zero-order chi connectivity index (χ0) is 10.9. The van der Waals surface area contributed by atoms with Crippen molar-refractivity contribution in [3.63, 3.8) is 0 Å². The first kappa shape index (κ1) is 10.7. The maximum atomic E-state index is 6.13. The lowest BCUT2D eigenvalue weighted by Gasteiger charge is -2.16. The normalized spacial score (nSPS) is 27.7. The lowest BCUT2D eigenvalue weighted by Crippen LogP contribution is -2.22. The molecule has 1 nitrogen and oxygen atoms in total. The molecule has 0 saturated carbocycles. The van der Waals surface area contributed by atoms with Crippen LogP contribution in [0.4, 0.5) is 0 Å². The van der Waals surface area contributed by atoms with Gasteiger partial charge in [-0.1, -0.05) is 51.1 Å². The van der Waals surface area contributed by atoms with E-state index in [0.717, 1.165) is 19.3 Å². The summed E-state index contributed by atoms with van der Waals surface area (Å²) in [7, 11) is 0. The van der Waals surface area contributed by atoms with Crippen molar-refractivity contribution in [1.82, 2.24) is 0 Å². The van der Waals surface area contributed by atoms with Gasteiger partial charge >= 0.3 is 0 Å². The number of rotatable bonds is 4. The smallest absolute Gasteiger partial charge is 0.123 e. The highest BCUT2D eigenvalue weighted by Crippen LogP contribution is 2.61. The molecule has 1 heteroatoms. The summed E-state index contributed by atoms with van der Waals surface area (Å²) in [4.78, 5) is 0. The van der Waals surface area contributed by atoms with Gasteiger partial charge in [0.05, 0.1) is 0 Å². The highest BCUT2D eigenvalue weighted by atomic mass is 16.6. The van der Waals surface area contributed by atoms with Crippen LogP contribution >= 0.6 is 0 Å². The molecular formula is C14H20O. The van der Waals surface area contributed by atoms with Gasteiger partial charge in [-0.15, -0.1) is 0 Å². The number of hydrogen-bond acceptors (Lipinski definition) is 1. The van der Waals surface area contributed by atoms with Crippen LogP contribution < -0.4 is 0 Å². The van der Waals surface area contributed by atoms with E-state index in [-0.39, 0.29) is 11.2 Å². The van der Waals surface area contributed by atoms with Gasteiger partial charge in [0.1, 0.15) is 11.2 Å². The van der Waals surface area contributed by atoms with Gasteiger partial charge in [0.25, 0.3) is 0 Å². The lowest BCUT2D eigenvalue weighted by molar-refractivity contribution is 0.250. The fraction of sp³-hybridized carbons (Fsp3) is 0.571. The summed E-state index contributed by atoms with van der Waals surface area (Å²) in [6.07, 6.45) is 3.27. The number of benzene rings is 1. The van der Waals surface area contributed by atoms with Gasteiger partial charge in [0.15, 0.2) is 0 Å². The first-order valence-electron chi connectivity index (χ1n) is 6.00. The van der Waals surface area contributed by atoms with Gasteiger partial charge in [0, 0.05) is 0 Å². The van der Waals surface area contributed by atoms with E-state index in [9.17, 15) is 0 Å². The number of ether oxygens (including phenoxy) is 1. The molecule has 15 heavy (non-hydrogen) atoms. The van der Waals surface area contributed by atoms with Crippen molar-refractivity contribution in [3.8, 4) is 0 Å². The van der Waals surface area contributed by atoms with Gasteiger partial charge in [-0.3, -0.25) is 0 Å². The van der Waals surface area contributed by atoms with E-state index in [1.165, 1.54) is 5.56 Å². The maximum absolute atomic E-state index is 6.13. The van der Waals surface area contributed by atoms with Crippen LogP contribution in [0.25, 0.3) is 0 Å². The van der Waals surface area contributed by atoms with Crippen molar-refractivity contribution < 1.29 is 4.74 Å². The van der Waals surface area contributed by atoms with Crippen molar-refractivity contribution in [2.24, 2.45) is 0 Å². The van der Waals surface area contributed by atoms with E-state index >= 15 is 0 Å². The summed E-state index contributed by atoms with van der Waals surface area (Å²) in [5, 5.41) is 0. The Hall–Kier alpha value is -0.820. The van der Waals surface area contributed by atoms with E-state index in [0.29, 0.717) is 0 Å². The number of epoxide rings is 1. The fourth-order valence-electron chi connectivity index (χ4n) is 2.90. The highest BCUT2D eigenvalue weighted by Gasteiger charge is 2.66. The minimum absolute atomic E-state index is 0.00222. The molecule has 0 amide bonds. The van der Waals surface area contributed by atoms with Crippen LogP contribution in [0.3, 0.4) is 0 Å². The first-order valence-corrected chi connectivity index (χ1v) is 6.00. The van der Waals surface area contributed by atoms with E-state index in [2.05, 4.69) is 51.1 Å². The van der Waals surface area contributed by atoms with Crippen LogP contribution in [-0.2, 0) is 10.3 Å². The third kappa shape index (κ3) is 1.33. The Morgan fingerprint density at radius 2 is 1.53 bits per heavy atom. The van der Waals surface area contributed by atoms with Crippen molar-refractivity contribution >= 4 is 0 Å². The Labute approximate surface area is 92.5 Å². The van der Waals surface area contributed by atoms with Crippen molar-refractivity contribution in [2.45, 2.75) is 51.2 Å². The number of hydrogen-bond donors (Lipinski definition) is 0. The van der Waals surface area contributed by atoms with Crippen molar-refractivity contribution in [1.29, 1.82) is 0 Å². The van der Waals surface area contributed by atoms with Crippen molar-refractivity contribution in [3.05, 3.63) is 35.9 Å². The summed E-state index contributed by atoms with van der Waals surface area (Å²) >= 11 is 0. The molecule has 0 spiro atoms. The molecule has 1 saturated heterocycles. The molecule has 0 radical (unpaired) electrons. The molecule has 1 heterocycles. The molecule has 1 unspecified atom stereocenters. The van der Waals surface area contributed by atoms with Gasteiger partial charge < -0.3 is 4.74 Å². The molecule has 0 aliphatic carbocycles. The van der Waals surface area contributed by atoms with Crippen LogP contribution in [0.1, 0.15) is 45.6 Å². The molecule has 1 aliphatic rings. The predicted octanol–water partition coefficient (Wildman–Crippen LogP) is 3.88. The lowest BCUT2D eigenvalue weighted by atomic mass is 9.81. The van der Waals surface area contributed by atoms with E-state index in [4.69, 9.17) is 4.74 Å². The molecular weight excluding hydrogens is 184 g/mol. The Balaban J connectivity index is 2.35. The monoisotopic (exact) mass is 204 g/mol. The summed E-state index contributed by atoms with van der Waals surface area (Å²) in [5.74, 6) is 0. The van der Waals surface area contributed by atoms with E-state index in [1.807, 2.05) is 0 Å². The Morgan fingerprint density at radius 1 is 0.933 bits per heavy atom. The second-order valence-electron chi connectivity index (χ2n) is 4.35. The van der Waals surface area contributed by atoms with Crippen LogP contribution in [0.5, 0.6) is 0 Å². The molecule has 1 aromatic rings. The molecule has 1 atom stereocenters.